The summed E-state index contributed by atoms with van der Waals surface area (Å²) < 4.78 is 12.8. The maximum atomic E-state index is 12.8. The number of rotatable bonds is 5. The number of carbonyl (C=O) groups excluding carboxylic acids is 2. The average Bonchev–Trinajstić information content (AvgIpc) is 3.17. The van der Waals surface area contributed by atoms with Crippen LogP contribution in [0, 0.1) is 5.82 Å². The van der Waals surface area contributed by atoms with E-state index in [-0.39, 0.29) is 30.1 Å². The van der Waals surface area contributed by atoms with Gasteiger partial charge in [-0.3, -0.25) is 20.4 Å². The van der Waals surface area contributed by atoms with Crippen LogP contribution in [-0.4, -0.2) is 17.9 Å². The third-order valence-corrected chi connectivity index (χ3v) is 4.30. The van der Waals surface area contributed by atoms with Gasteiger partial charge in [0.2, 0.25) is 5.91 Å². The summed E-state index contributed by atoms with van der Waals surface area (Å²) in [6.45, 7) is 0. The Balaban J connectivity index is 1.40. The normalized spacial score (nSPS) is 19.1. The molecule has 0 saturated carbocycles. The molecule has 0 aliphatic carbocycles. The minimum absolute atomic E-state index is 0.0427. The van der Waals surface area contributed by atoms with Crippen LogP contribution >= 0.6 is 0 Å². The predicted octanol–water partition coefficient (Wildman–Crippen LogP) is 1.51. The van der Waals surface area contributed by atoms with Gasteiger partial charge in [0.15, 0.2) is 0 Å². The van der Waals surface area contributed by atoms with Crippen LogP contribution in [-0.2, 0) is 16.0 Å². The number of amides is 2. The Morgan fingerprint density at radius 1 is 1.00 bits per heavy atom. The number of nitrogens with one attached hydrogen (secondary N) is 4. The fourth-order valence-corrected chi connectivity index (χ4v) is 2.82. The summed E-state index contributed by atoms with van der Waals surface area (Å²) >= 11 is 0. The van der Waals surface area contributed by atoms with Crippen molar-refractivity contribution in [3.8, 4) is 0 Å². The van der Waals surface area contributed by atoms with Gasteiger partial charge >= 0.3 is 0 Å². The highest BCUT2D eigenvalue weighted by Gasteiger charge is 2.30. The first-order valence-corrected chi connectivity index (χ1v) is 8.51. The Morgan fingerprint density at radius 3 is 2.46 bits per heavy atom. The van der Waals surface area contributed by atoms with E-state index in [0.717, 1.165) is 11.1 Å². The minimum Gasteiger partial charge on any atom is -0.273 e. The van der Waals surface area contributed by atoms with E-state index in [1.54, 1.807) is 12.1 Å². The standard InChI is InChI=1S/C19H21FN4O2/c20-15-9-6-13(7-10-15)8-11-18(25)23-24-19(26)17-12-16(21-22-17)14-4-2-1-3-5-14/h1-7,9-10,16-17,21-22H,8,11-12H2,(H,23,25)(H,24,26). The lowest BCUT2D eigenvalue weighted by Gasteiger charge is -2.11. The monoisotopic (exact) mass is 356 g/mol. The third kappa shape index (κ3) is 4.87. The van der Waals surface area contributed by atoms with Gasteiger partial charge in [0.25, 0.3) is 5.91 Å². The van der Waals surface area contributed by atoms with Crippen molar-refractivity contribution in [3.05, 3.63) is 71.5 Å². The lowest BCUT2D eigenvalue weighted by atomic mass is 10.0. The van der Waals surface area contributed by atoms with Crippen molar-refractivity contribution in [2.45, 2.75) is 31.3 Å². The van der Waals surface area contributed by atoms with Crippen LogP contribution in [0.2, 0.25) is 0 Å². The number of hydrogen-bond donors (Lipinski definition) is 4. The molecule has 2 atom stereocenters. The number of hydrogen-bond acceptors (Lipinski definition) is 4. The zero-order valence-electron chi connectivity index (χ0n) is 14.2. The number of aryl methyl sites for hydroxylation is 1. The molecule has 1 aliphatic rings. The van der Waals surface area contributed by atoms with Crippen LogP contribution in [0.15, 0.2) is 54.6 Å². The first-order chi connectivity index (χ1) is 12.6. The number of benzene rings is 2. The molecule has 0 spiro atoms. The van der Waals surface area contributed by atoms with Gasteiger partial charge in [0, 0.05) is 12.5 Å². The van der Waals surface area contributed by atoms with Crippen molar-refractivity contribution >= 4 is 11.8 Å². The van der Waals surface area contributed by atoms with Crippen LogP contribution in [0.1, 0.15) is 30.0 Å². The molecule has 136 valence electrons. The zero-order valence-corrected chi connectivity index (χ0v) is 14.2. The van der Waals surface area contributed by atoms with Gasteiger partial charge in [0.1, 0.15) is 11.9 Å². The molecular formula is C19H21FN4O2. The SMILES string of the molecule is O=C(CCc1ccc(F)cc1)NNC(=O)C1CC(c2ccccc2)NN1. The Bertz CT molecular complexity index is 752. The molecule has 2 aromatic carbocycles. The van der Waals surface area contributed by atoms with E-state index >= 15 is 0 Å². The van der Waals surface area contributed by atoms with Gasteiger partial charge in [-0.2, -0.15) is 0 Å². The molecule has 2 unspecified atom stereocenters. The molecule has 1 saturated heterocycles. The Kier molecular flexibility index (Phi) is 5.93. The molecule has 4 N–H and O–H groups in total. The van der Waals surface area contributed by atoms with Gasteiger partial charge in [-0.1, -0.05) is 42.5 Å². The predicted molar refractivity (Wildman–Crippen MR) is 94.9 cm³/mol. The summed E-state index contributed by atoms with van der Waals surface area (Å²) in [5, 5.41) is 0. The van der Waals surface area contributed by atoms with Gasteiger partial charge in [-0.15, -0.1) is 0 Å². The van der Waals surface area contributed by atoms with Crippen molar-refractivity contribution in [2.75, 3.05) is 0 Å². The fourth-order valence-electron chi connectivity index (χ4n) is 2.82. The van der Waals surface area contributed by atoms with Crippen molar-refractivity contribution in [2.24, 2.45) is 0 Å². The van der Waals surface area contributed by atoms with E-state index in [2.05, 4.69) is 21.7 Å². The van der Waals surface area contributed by atoms with Gasteiger partial charge < -0.3 is 0 Å². The fraction of sp³-hybridized carbons (Fsp3) is 0.263. The molecule has 1 fully saturated rings. The Morgan fingerprint density at radius 2 is 1.73 bits per heavy atom. The molecule has 7 heteroatoms. The molecule has 1 aliphatic heterocycles. The molecule has 2 aromatic rings. The highest BCUT2D eigenvalue weighted by molar-refractivity contribution is 5.85. The van der Waals surface area contributed by atoms with Gasteiger partial charge in [-0.05, 0) is 36.1 Å². The Hall–Kier alpha value is -2.77. The topological polar surface area (TPSA) is 82.3 Å². The number of halogens is 1. The second-order valence-corrected chi connectivity index (χ2v) is 6.20. The molecule has 0 aromatic heterocycles. The average molecular weight is 356 g/mol. The highest BCUT2D eigenvalue weighted by atomic mass is 19.1. The maximum absolute atomic E-state index is 12.8. The van der Waals surface area contributed by atoms with Gasteiger partial charge in [-0.25, -0.2) is 15.2 Å². The number of hydrazine groups is 2. The molecule has 2 amide bonds. The molecule has 3 rings (SSSR count). The lowest BCUT2D eigenvalue weighted by molar-refractivity contribution is -0.129. The summed E-state index contributed by atoms with van der Waals surface area (Å²) in [5.74, 6) is -0.906. The molecular weight excluding hydrogens is 335 g/mol. The van der Waals surface area contributed by atoms with E-state index < -0.39 is 6.04 Å². The summed E-state index contributed by atoms with van der Waals surface area (Å²) in [7, 11) is 0. The van der Waals surface area contributed by atoms with Gasteiger partial charge in [0.05, 0.1) is 0 Å². The maximum Gasteiger partial charge on any atom is 0.256 e. The summed E-state index contributed by atoms with van der Waals surface area (Å²) in [4.78, 5) is 24.0. The zero-order chi connectivity index (χ0) is 18.4. The second kappa shape index (κ2) is 8.55. The van der Waals surface area contributed by atoms with E-state index in [4.69, 9.17) is 0 Å². The quantitative estimate of drug-likeness (QED) is 0.612. The van der Waals surface area contributed by atoms with Crippen molar-refractivity contribution in [1.82, 2.24) is 21.7 Å². The van der Waals surface area contributed by atoms with Crippen molar-refractivity contribution in [3.63, 3.8) is 0 Å². The molecule has 1 heterocycles. The summed E-state index contributed by atoms with van der Waals surface area (Å²) in [5.41, 5.74) is 12.8. The van der Waals surface area contributed by atoms with E-state index in [1.807, 2.05) is 30.3 Å². The first-order valence-electron chi connectivity index (χ1n) is 8.51. The minimum atomic E-state index is -0.433. The van der Waals surface area contributed by atoms with Crippen LogP contribution < -0.4 is 21.7 Å². The lowest BCUT2D eigenvalue weighted by Crippen LogP contribution is -2.50. The van der Waals surface area contributed by atoms with Crippen molar-refractivity contribution in [1.29, 1.82) is 0 Å². The van der Waals surface area contributed by atoms with Crippen LogP contribution in [0.4, 0.5) is 4.39 Å². The smallest absolute Gasteiger partial charge is 0.256 e. The third-order valence-electron chi connectivity index (χ3n) is 4.30. The summed E-state index contributed by atoms with van der Waals surface area (Å²) in [6.07, 6.45) is 1.26. The molecule has 26 heavy (non-hydrogen) atoms. The first kappa shape index (κ1) is 18.0. The second-order valence-electron chi connectivity index (χ2n) is 6.20. The number of carbonyl (C=O) groups is 2. The molecule has 0 bridgehead atoms. The van der Waals surface area contributed by atoms with E-state index in [9.17, 15) is 14.0 Å². The van der Waals surface area contributed by atoms with Crippen LogP contribution in [0.25, 0.3) is 0 Å². The van der Waals surface area contributed by atoms with Crippen molar-refractivity contribution < 1.29 is 14.0 Å². The van der Waals surface area contributed by atoms with E-state index in [0.29, 0.717) is 12.8 Å². The highest BCUT2D eigenvalue weighted by Crippen LogP contribution is 2.21. The molecule has 0 radical (unpaired) electrons. The summed E-state index contributed by atoms with van der Waals surface area (Å²) in [6, 6.07) is 15.4. The van der Waals surface area contributed by atoms with Crippen LogP contribution in [0.5, 0.6) is 0 Å². The van der Waals surface area contributed by atoms with Crippen LogP contribution in [0.3, 0.4) is 0 Å². The Labute approximate surface area is 151 Å². The van der Waals surface area contributed by atoms with E-state index in [1.165, 1.54) is 12.1 Å². The molecule has 6 nitrogen and oxygen atoms in total. The largest absolute Gasteiger partial charge is 0.273 e.